The van der Waals surface area contributed by atoms with Crippen LogP contribution in [0.2, 0.25) is 0 Å². The van der Waals surface area contributed by atoms with Gasteiger partial charge in [-0.2, -0.15) is 5.26 Å². The van der Waals surface area contributed by atoms with Gasteiger partial charge in [-0.1, -0.05) is 48.5 Å². The third kappa shape index (κ3) is 2.14. The van der Waals surface area contributed by atoms with E-state index in [4.69, 9.17) is 10.1 Å². The third-order valence-corrected chi connectivity index (χ3v) is 4.42. The standard InChI is InChI=1S/C20H13FN2O/c21-14-6-3-5-13(10-14)18-16-9-8-12-4-1-2-7-15(12)19(16)24-20(23)17(18)11-22/h1-10,17-18,23H. The molecule has 1 N–H and O–H groups in total. The molecule has 0 bridgehead atoms. The Morgan fingerprint density at radius 1 is 1.04 bits per heavy atom. The van der Waals surface area contributed by atoms with Crippen molar-refractivity contribution in [3.05, 3.63) is 77.6 Å². The Morgan fingerprint density at radius 2 is 1.88 bits per heavy atom. The molecule has 4 heteroatoms. The van der Waals surface area contributed by atoms with Gasteiger partial charge in [-0.15, -0.1) is 0 Å². The zero-order chi connectivity index (χ0) is 16.7. The lowest BCUT2D eigenvalue weighted by Gasteiger charge is -2.31. The zero-order valence-corrected chi connectivity index (χ0v) is 12.7. The van der Waals surface area contributed by atoms with Gasteiger partial charge in [0.1, 0.15) is 17.5 Å². The predicted molar refractivity (Wildman–Crippen MR) is 89.6 cm³/mol. The number of ether oxygens (including phenoxy) is 1. The molecule has 3 nitrogen and oxygen atoms in total. The van der Waals surface area contributed by atoms with E-state index in [0.29, 0.717) is 11.3 Å². The molecule has 1 aliphatic heterocycles. The van der Waals surface area contributed by atoms with E-state index < -0.39 is 11.8 Å². The summed E-state index contributed by atoms with van der Waals surface area (Å²) in [6.07, 6.45) is 0. The fraction of sp³-hybridized carbons (Fsp3) is 0.100. The molecule has 3 aromatic rings. The minimum Gasteiger partial charge on any atom is -0.441 e. The Balaban J connectivity index is 2.00. The maximum absolute atomic E-state index is 13.7. The number of fused-ring (bicyclic) bond motifs is 3. The Labute approximate surface area is 138 Å². The molecular weight excluding hydrogens is 303 g/mol. The molecule has 0 fully saturated rings. The van der Waals surface area contributed by atoms with Crippen molar-refractivity contribution in [3.8, 4) is 11.8 Å². The second kappa shape index (κ2) is 5.47. The van der Waals surface area contributed by atoms with Gasteiger partial charge in [-0.05, 0) is 23.1 Å². The van der Waals surface area contributed by atoms with E-state index in [2.05, 4.69) is 6.07 Å². The molecule has 2 atom stereocenters. The van der Waals surface area contributed by atoms with Gasteiger partial charge in [0.2, 0.25) is 5.90 Å². The quantitative estimate of drug-likeness (QED) is 0.712. The van der Waals surface area contributed by atoms with Crippen LogP contribution < -0.4 is 4.74 Å². The fourth-order valence-corrected chi connectivity index (χ4v) is 3.33. The molecule has 116 valence electrons. The molecule has 0 radical (unpaired) electrons. The second-order valence-corrected chi connectivity index (χ2v) is 5.81. The first-order valence-electron chi connectivity index (χ1n) is 7.62. The Kier molecular flexibility index (Phi) is 3.28. The summed E-state index contributed by atoms with van der Waals surface area (Å²) in [6.45, 7) is 0. The van der Waals surface area contributed by atoms with Crippen LogP contribution in [-0.4, -0.2) is 5.90 Å². The largest absolute Gasteiger partial charge is 0.441 e. The van der Waals surface area contributed by atoms with Crippen LogP contribution in [0.15, 0.2) is 60.7 Å². The van der Waals surface area contributed by atoms with Crippen LogP contribution in [-0.2, 0) is 0 Å². The normalized spacial score (nSPS) is 19.4. The first-order valence-corrected chi connectivity index (χ1v) is 7.62. The minimum atomic E-state index is -0.777. The van der Waals surface area contributed by atoms with Crippen molar-refractivity contribution in [3.63, 3.8) is 0 Å². The Bertz CT molecular complexity index is 1010. The highest BCUT2D eigenvalue weighted by molar-refractivity contribution is 5.95. The Morgan fingerprint density at radius 3 is 2.67 bits per heavy atom. The highest BCUT2D eigenvalue weighted by atomic mass is 19.1. The van der Waals surface area contributed by atoms with Gasteiger partial charge in [0.05, 0.1) is 6.07 Å². The van der Waals surface area contributed by atoms with Crippen LogP contribution in [0, 0.1) is 28.5 Å². The van der Waals surface area contributed by atoms with Crippen LogP contribution in [0.5, 0.6) is 5.75 Å². The number of nitrogens with zero attached hydrogens (tertiary/aromatic N) is 1. The third-order valence-electron chi connectivity index (χ3n) is 4.42. The molecular formula is C20H13FN2O. The van der Waals surface area contributed by atoms with Gasteiger partial charge in [0.15, 0.2) is 0 Å². The van der Waals surface area contributed by atoms with E-state index in [0.717, 1.165) is 16.3 Å². The van der Waals surface area contributed by atoms with Crippen LogP contribution in [0.1, 0.15) is 17.0 Å². The SMILES string of the molecule is N#CC1C(=N)Oc2c(ccc3ccccc23)C1c1cccc(F)c1. The van der Waals surface area contributed by atoms with Gasteiger partial charge in [0.25, 0.3) is 0 Å². The number of hydrogen-bond donors (Lipinski definition) is 1. The minimum absolute atomic E-state index is 0.101. The summed E-state index contributed by atoms with van der Waals surface area (Å²) in [5.41, 5.74) is 1.48. The number of rotatable bonds is 1. The molecule has 1 aliphatic rings. The molecule has 0 saturated carbocycles. The first kappa shape index (κ1) is 14.4. The molecule has 0 amide bonds. The van der Waals surface area contributed by atoms with Gasteiger partial charge in [-0.25, -0.2) is 4.39 Å². The van der Waals surface area contributed by atoms with E-state index >= 15 is 0 Å². The van der Waals surface area contributed by atoms with Crippen molar-refractivity contribution in [2.24, 2.45) is 5.92 Å². The molecule has 2 unspecified atom stereocenters. The van der Waals surface area contributed by atoms with E-state index in [1.165, 1.54) is 12.1 Å². The molecule has 4 rings (SSSR count). The summed E-state index contributed by atoms with van der Waals surface area (Å²) >= 11 is 0. The van der Waals surface area contributed by atoms with E-state index in [9.17, 15) is 9.65 Å². The van der Waals surface area contributed by atoms with Crippen molar-refractivity contribution in [1.29, 1.82) is 10.7 Å². The van der Waals surface area contributed by atoms with Crippen LogP contribution in [0.4, 0.5) is 4.39 Å². The van der Waals surface area contributed by atoms with Crippen molar-refractivity contribution in [2.75, 3.05) is 0 Å². The van der Waals surface area contributed by atoms with E-state index in [-0.39, 0.29) is 11.7 Å². The fourth-order valence-electron chi connectivity index (χ4n) is 3.33. The lowest BCUT2D eigenvalue weighted by atomic mass is 9.78. The average Bonchev–Trinajstić information content (AvgIpc) is 2.60. The number of benzene rings is 3. The average molecular weight is 316 g/mol. The van der Waals surface area contributed by atoms with E-state index in [1.807, 2.05) is 36.4 Å². The smallest absolute Gasteiger partial charge is 0.205 e. The number of nitrogens with one attached hydrogen (secondary N) is 1. The van der Waals surface area contributed by atoms with Gasteiger partial charge < -0.3 is 4.74 Å². The summed E-state index contributed by atoms with van der Waals surface area (Å²) < 4.78 is 19.4. The molecule has 3 aromatic carbocycles. The van der Waals surface area contributed by atoms with Crippen LogP contribution >= 0.6 is 0 Å². The summed E-state index contributed by atoms with van der Waals surface area (Å²) in [4.78, 5) is 0. The maximum Gasteiger partial charge on any atom is 0.205 e. The molecule has 0 aliphatic carbocycles. The maximum atomic E-state index is 13.7. The summed E-state index contributed by atoms with van der Waals surface area (Å²) in [5.74, 6) is -1.08. The highest BCUT2D eigenvalue weighted by Crippen LogP contribution is 2.45. The van der Waals surface area contributed by atoms with Gasteiger partial charge in [-0.3, -0.25) is 5.41 Å². The predicted octanol–water partition coefficient (Wildman–Crippen LogP) is 4.62. The zero-order valence-electron chi connectivity index (χ0n) is 12.7. The summed E-state index contributed by atoms with van der Waals surface area (Å²) in [7, 11) is 0. The molecule has 0 spiro atoms. The van der Waals surface area contributed by atoms with Gasteiger partial charge in [0, 0.05) is 16.9 Å². The Hall–Kier alpha value is -3.19. The number of halogens is 1. The van der Waals surface area contributed by atoms with Crippen molar-refractivity contribution in [1.82, 2.24) is 0 Å². The monoisotopic (exact) mass is 316 g/mol. The first-order chi connectivity index (χ1) is 11.7. The van der Waals surface area contributed by atoms with E-state index in [1.54, 1.807) is 12.1 Å². The number of nitriles is 1. The van der Waals surface area contributed by atoms with Crippen molar-refractivity contribution >= 4 is 16.7 Å². The van der Waals surface area contributed by atoms with Crippen molar-refractivity contribution < 1.29 is 9.13 Å². The topological polar surface area (TPSA) is 56.9 Å². The van der Waals surface area contributed by atoms with Crippen molar-refractivity contribution in [2.45, 2.75) is 5.92 Å². The summed E-state index contributed by atoms with van der Waals surface area (Å²) in [6, 6.07) is 20.0. The molecule has 1 heterocycles. The second-order valence-electron chi connectivity index (χ2n) is 5.81. The highest BCUT2D eigenvalue weighted by Gasteiger charge is 2.37. The van der Waals surface area contributed by atoms with Gasteiger partial charge >= 0.3 is 0 Å². The molecule has 24 heavy (non-hydrogen) atoms. The summed E-state index contributed by atoms with van der Waals surface area (Å²) in [5, 5.41) is 19.6. The van der Waals surface area contributed by atoms with Crippen LogP contribution in [0.3, 0.4) is 0 Å². The lowest BCUT2D eigenvalue weighted by Crippen LogP contribution is -2.31. The number of hydrogen-bond acceptors (Lipinski definition) is 3. The lowest BCUT2D eigenvalue weighted by molar-refractivity contribution is 0.454. The molecule has 0 saturated heterocycles. The molecule has 0 aromatic heterocycles. The van der Waals surface area contributed by atoms with Crippen LogP contribution in [0.25, 0.3) is 10.8 Å².